The molecular weight excluding hydrogens is 411 g/mol. The van der Waals surface area contributed by atoms with Crippen LogP contribution in [0.2, 0.25) is 0 Å². The highest BCUT2D eigenvalue weighted by Crippen LogP contribution is 2.31. The number of carboxylic acids is 1. The molecular formula is C24H25FN4O3. The van der Waals surface area contributed by atoms with Crippen molar-refractivity contribution in [2.24, 2.45) is 0 Å². The van der Waals surface area contributed by atoms with Crippen molar-refractivity contribution in [2.75, 3.05) is 31.1 Å². The number of rotatable bonds is 4. The van der Waals surface area contributed by atoms with Crippen LogP contribution >= 0.6 is 0 Å². The first-order valence-electron chi connectivity index (χ1n) is 11.0. The van der Waals surface area contributed by atoms with Crippen LogP contribution in [0, 0.1) is 5.82 Å². The van der Waals surface area contributed by atoms with E-state index >= 15 is 0 Å². The Morgan fingerprint density at radius 3 is 2.66 bits per heavy atom. The number of H-pyrrole nitrogens is 1. The van der Waals surface area contributed by atoms with Gasteiger partial charge in [0.05, 0.1) is 17.3 Å². The van der Waals surface area contributed by atoms with Gasteiger partial charge in [-0.3, -0.25) is 9.69 Å². The Labute approximate surface area is 184 Å². The maximum absolute atomic E-state index is 14.0. The summed E-state index contributed by atoms with van der Waals surface area (Å²) < 4.78 is 14.0. The number of piperidine rings is 1. The van der Waals surface area contributed by atoms with Gasteiger partial charge in [0, 0.05) is 37.3 Å². The zero-order valence-electron chi connectivity index (χ0n) is 17.6. The molecule has 0 amide bonds. The van der Waals surface area contributed by atoms with Crippen LogP contribution < -0.4 is 10.5 Å². The van der Waals surface area contributed by atoms with Crippen LogP contribution in [0.5, 0.6) is 0 Å². The highest BCUT2D eigenvalue weighted by Gasteiger charge is 2.32. The Balaban J connectivity index is 1.23. The standard InChI is InChI=1S/C24H25FN4O3/c25-19-3-1-2-15-12-21(27-23(30)22(15)19)16-6-9-29(14-16)17-7-10-28(11-8-17)18-4-5-20(24(31)32)26-13-18/h1-5,12-13,16-17H,6-11,14H2,(H,27,30)(H,31,32). The second-order valence-electron chi connectivity index (χ2n) is 8.66. The first-order chi connectivity index (χ1) is 15.5. The van der Waals surface area contributed by atoms with E-state index in [4.69, 9.17) is 5.11 Å². The second-order valence-corrected chi connectivity index (χ2v) is 8.66. The summed E-state index contributed by atoms with van der Waals surface area (Å²) in [5, 5.41) is 9.79. The van der Waals surface area contributed by atoms with Crippen molar-refractivity contribution in [2.45, 2.75) is 31.2 Å². The molecule has 0 spiro atoms. The number of nitrogens with one attached hydrogen (secondary N) is 1. The number of hydrogen-bond donors (Lipinski definition) is 2. The largest absolute Gasteiger partial charge is 0.477 e. The smallest absolute Gasteiger partial charge is 0.354 e. The fraction of sp³-hybridized carbons (Fsp3) is 0.375. The summed E-state index contributed by atoms with van der Waals surface area (Å²) in [5.74, 6) is -1.26. The molecule has 2 aromatic heterocycles. The van der Waals surface area contributed by atoms with E-state index in [2.05, 4.69) is 19.8 Å². The van der Waals surface area contributed by atoms with Gasteiger partial charge in [-0.25, -0.2) is 14.2 Å². The molecule has 7 nitrogen and oxygen atoms in total. The van der Waals surface area contributed by atoms with Gasteiger partial charge in [0.1, 0.15) is 11.5 Å². The normalized spacial score (nSPS) is 20.2. The number of pyridine rings is 2. The van der Waals surface area contributed by atoms with Gasteiger partial charge in [0.25, 0.3) is 5.56 Å². The van der Waals surface area contributed by atoms with Crippen LogP contribution in [0.25, 0.3) is 10.8 Å². The average molecular weight is 436 g/mol. The minimum atomic E-state index is -1.02. The number of anilines is 1. The minimum Gasteiger partial charge on any atom is -0.477 e. The van der Waals surface area contributed by atoms with E-state index in [-0.39, 0.29) is 22.6 Å². The summed E-state index contributed by atoms with van der Waals surface area (Å²) in [6, 6.07) is 10.5. The third-order valence-corrected chi connectivity index (χ3v) is 6.81. The van der Waals surface area contributed by atoms with Crippen molar-refractivity contribution < 1.29 is 14.3 Å². The monoisotopic (exact) mass is 436 g/mol. The highest BCUT2D eigenvalue weighted by atomic mass is 19.1. The molecule has 2 fully saturated rings. The molecule has 1 unspecified atom stereocenters. The number of halogens is 1. The van der Waals surface area contributed by atoms with Gasteiger partial charge in [-0.2, -0.15) is 0 Å². The number of fused-ring (bicyclic) bond motifs is 1. The number of benzene rings is 1. The highest BCUT2D eigenvalue weighted by molar-refractivity contribution is 5.85. The quantitative estimate of drug-likeness (QED) is 0.653. The fourth-order valence-electron chi connectivity index (χ4n) is 5.08. The van der Waals surface area contributed by atoms with E-state index in [0.29, 0.717) is 11.4 Å². The minimum absolute atomic E-state index is 0.0567. The summed E-state index contributed by atoms with van der Waals surface area (Å²) >= 11 is 0. The molecule has 0 bridgehead atoms. The van der Waals surface area contributed by atoms with E-state index in [1.54, 1.807) is 24.4 Å². The van der Waals surface area contributed by atoms with Gasteiger partial charge in [0.15, 0.2) is 0 Å². The van der Waals surface area contributed by atoms with Crippen LogP contribution in [-0.2, 0) is 0 Å². The predicted octanol–water partition coefficient (Wildman–Crippen LogP) is 3.22. The molecule has 0 aliphatic carbocycles. The number of aromatic nitrogens is 2. The fourth-order valence-corrected chi connectivity index (χ4v) is 5.08. The van der Waals surface area contributed by atoms with Crippen LogP contribution in [0.3, 0.4) is 0 Å². The molecule has 1 atom stereocenters. The molecule has 2 N–H and O–H groups in total. The summed E-state index contributed by atoms with van der Waals surface area (Å²) in [6.07, 6.45) is 4.64. The second kappa shape index (κ2) is 8.35. The molecule has 4 heterocycles. The molecule has 0 saturated carbocycles. The Morgan fingerprint density at radius 2 is 1.94 bits per heavy atom. The third-order valence-electron chi connectivity index (χ3n) is 6.81. The third kappa shape index (κ3) is 3.86. The van der Waals surface area contributed by atoms with Gasteiger partial charge >= 0.3 is 5.97 Å². The van der Waals surface area contributed by atoms with Crippen molar-refractivity contribution >= 4 is 22.4 Å². The maximum Gasteiger partial charge on any atom is 0.354 e. The van der Waals surface area contributed by atoms with E-state index in [1.807, 2.05) is 12.1 Å². The van der Waals surface area contributed by atoms with E-state index in [1.165, 1.54) is 6.07 Å². The van der Waals surface area contributed by atoms with E-state index in [9.17, 15) is 14.0 Å². The van der Waals surface area contributed by atoms with E-state index < -0.39 is 11.8 Å². The summed E-state index contributed by atoms with van der Waals surface area (Å²) in [7, 11) is 0. The summed E-state index contributed by atoms with van der Waals surface area (Å²) in [6.45, 7) is 3.65. The molecule has 166 valence electrons. The molecule has 1 aromatic carbocycles. The van der Waals surface area contributed by atoms with Crippen molar-refractivity contribution in [1.82, 2.24) is 14.9 Å². The van der Waals surface area contributed by atoms with Crippen LogP contribution in [0.4, 0.5) is 10.1 Å². The number of carbonyl (C=O) groups is 1. The first-order valence-corrected chi connectivity index (χ1v) is 11.0. The lowest BCUT2D eigenvalue weighted by molar-refractivity contribution is 0.0690. The lowest BCUT2D eigenvalue weighted by atomic mass is 10.0. The van der Waals surface area contributed by atoms with Gasteiger partial charge in [-0.15, -0.1) is 0 Å². The van der Waals surface area contributed by atoms with Gasteiger partial charge in [-0.1, -0.05) is 12.1 Å². The molecule has 2 aliphatic heterocycles. The van der Waals surface area contributed by atoms with Crippen LogP contribution in [-0.4, -0.2) is 58.2 Å². The summed E-state index contributed by atoms with van der Waals surface area (Å²) in [5.41, 5.74) is 1.54. The van der Waals surface area contributed by atoms with Gasteiger partial charge in [0.2, 0.25) is 0 Å². The van der Waals surface area contributed by atoms with Crippen molar-refractivity contribution in [3.8, 4) is 0 Å². The number of carboxylic acid groups (broad SMARTS) is 1. The summed E-state index contributed by atoms with van der Waals surface area (Å²) in [4.78, 5) is 35.1. The number of hydrogen-bond acceptors (Lipinski definition) is 5. The predicted molar refractivity (Wildman–Crippen MR) is 120 cm³/mol. The van der Waals surface area contributed by atoms with Gasteiger partial charge < -0.3 is 15.0 Å². The number of likely N-dealkylation sites (tertiary alicyclic amines) is 1. The Morgan fingerprint density at radius 1 is 1.12 bits per heavy atom. The number of nitrogens with zero attached hydrogens (tertiary/aromatic N) is 3. The van der Waals surface area contributed by atoms with Crippen molar-refractivity contribution in [1.29, 1.82) is 0 Å². The zero-order valence-corrected chi connectivity index (χ0v) is 17.6. The number of aromatic carboxylic acids is 1. The molecule has 5 rings (SSSR count). The molecule has 0 radical (unpaired) electrons. The average Bonchev–Trinajstić information content (AvgIpc) is 3.29. The Kier molecular flexibility index (Phi) is 5.38. The molecule has 2 aliphatic rings. The Hall–Kier alpha value is -3.26. The van der Waals surface area contributed by atoms with Gasteiger partial charge in [-0.05, 0) is 55.5 Å². The maximum atomic E-state index is 14.0. The lowest BCUT2D eigenvalue weighted by Crippen LogP contribution is -2.44. The van der Waals surface area contributed by atoms with Crippen molar-refractivity contribution in [3.63, 3.8) is 0 Å². The van der Waals surface area contributed by atoms with Crippen molar-refractivity contribution in [3.05, 3.63) is 70.2 Å². The van der Waals surface area contributed by atoms with E-state index in [0.717, 1.165) is 56.8 Å². The lowest BCUT2D eigenvalue weighted by Gasteiger charge is -2.37. The molecule has 3 aromatic rings. The van der Waals surface area contributed by atoms with Crippen LogP contribution in [0.1, 0.15) is 41.4 Å². The molecule has 32 heavy (non-hydrogen) atoms. The first kappa shape index (κ1) is 20.6. The topological polar surface area (TPSA) is 89.5 Å². The Bertz CT molecular complexity index is 1200. The SMILES string of the molecule is O=C(O)c1ccc(N2CCC(N3CCC(c4cc5cccc(F)c5c(=O)[nH]4)C3)CC2)cn1. The molecule has 2 saturated heterocycles. The van der Waals surface area contributed by atoms with Crippen LogP contribution in [0.15, 0.2) is 47.4 Å². The zero-order chi connectivity index (χ0) is 22.2. The molecule has 8 heteroatoms. The number of aromatic amines is 1.